The Labute approximate surface area is 171 Å². The summed E-state index contributed by atoms with van der Waals surface area (Å²) in [4.78, 5) is 24.2. The van der Waals surface area contributed by atoms with Crippen molar-refractivity contribution in [2.45, 2.75) is 46.0 Å². The molecule has 0 radical (unpaired) electrons. The second kappa shape index (κ2) is 11.2. The van der Waals surface area contributed by atoms with E-state index in [0.717, 1.165) is 36.1 Å². The van der Waals surface area contributed by atoms with Crippen LogP contribution in [0.5, 0.6) is 0 Å². The molecule has 0 fully saturated rings. The van der Waals surface area contributed by atoms with Gasteiger partial charge in [-0.3, -0.25) is 9.59 Å². The second-order valence-corrected chi connectivity index (χ2v) is 6.93. The summed E-state index contributed by atoms with van der Waals surface area (Å²) in [7, 11) is 0. The number of carbonyl (C=O) groups excluding carboxylic acids is 2. The fourth-order valence-electron chi connectivity index (χ4n) is 2.61. The van der Waals surface area contributed by atoms with Crippen molar-refractivity contribution in [2.24, 2.45) is 5.10 Å². The van der Waals surface area contributed by atoms with E-state index in [4.69, 9.17) is 11.6 Å². The van der Waals surface area contributed by atoms with E-state index in [0.29, 0.717) is 10.7 Å². The lowest BCUT2D eigenvalue weighted by Crippen LogP contribution is -2.22. The van der Waals surface area contributed by atoms with Crippen molar-refractivity contribution in [2.75, 3.05) is 5.32 Å². The molecule has 2 aromatic rings. The molecule has 0 aromatic heterocycles. The van der Waals surface area contributed by atoms with Gasteiger partial charge in [-0.2, -0.15) is 5.10 Å². The van der Waals surface area contributed by atoms with Gasteiger partial charge in [0, 0.05) is 23.6 Å². The highest BCUT2D eigenvalue weighted by Gasteiger charge is 2.10. The highest BCUT2D eigenvalue weighted by molar-refractivity contribution is 6.31. The van der Waals surface area contributed by atoms with E-state index in [1.54, 1.807) is 18.2 Å². The van der Waals surface area contributed by atoms with Gasteiger partial charge >= 0.3 is 0 Å². The second-order valence-electron chi connectivity index (χ2n) is 6.52. The van der Waals surface area contributed by atoms with Crippen LogP contribution in [0.4, 0.5) is 5.69 Å². The standard InChI is InChI=1S/C22H26ClN3O2/c1-3-4-12-20(17-9-6-5-7-10-17)25-26-22(28)15-14-21(27)24-19-13-8-11-18(23)16(19)2/h5-11,13H,3-4,12,14-15H2,1-2H3,(H,24,27)(H,26,28)/b25-20+. The molecule has 0 aliphatic rings. The fourth-order valence-corrected chi connectivity index (χ4v) is 2.78. The highest BCUT2D eigenvalue weighted by atomic mass is 35.5. The minimum Gasteiger partial charge on any atom is -0.326 e. The van der Waals surface area contributed by atoms with Crippen LogP contribution in [0.1, 0.15) is 50.2 Å². The van der Waals surface area contributed by atoms with Crippen molar-refractivity contribution in [3.8, 4) is 0 Å². The summed E-state index contributed by atoms with van der Waals surface area (Å²) in [5, 5.41) is 7.66. The Morgan fingerprint density at radius 3 is 2.39 bits per heavy atom. The number of rotatable bonds is 9. The van der Waals surface area contributed by atoms with Crippen molar-refractivity contribution >= 4 is 34.8 Å². The van der Waals surface area contributed by atoms with E-state index in [2.05, 4.69) is 22.8 Å². The summed E-state index contributed by atoms with van der Waals surface area (Å²) in [5.41, 5.74) is 5.87. The van der Waals surface area contributed by atoms with E-state index >= 15 is 0 Å². The summed E-state index contributed by atoms with van der Waals surface area (Å²) in [6.07, 6.45) is 2.96. The quantitative estimate of drug-likeness (QED) is 0.456. The van der Waals surface area contributed by atoms with Crippen LogP contribution in [-0.2, 0) is 9.59 Å². The van der Waals surface area contributed by atoms with Crippen molar-refractivity contribution in [3.05, 3.63) is 64.7 Å². The van der Waals surface area contributed by atoms with Gasteiger partial charge in [0.15, 0.2) is 0 Å². The molecule has 28 heavy (non-hydrogen) atoms. The van der Waals surface area contributed by atoms with Crippen LogP contribution in [0, 0.1) is 6.92 Å². The van der Waals surface area contributed by atoms with Gasteiger partial charge in [0.05, 0.1) is 5.71 Å². The SMILES string of the molecule is CCCC/C(=N\NC(=O)CCC(=O)Nc1cccc(Cl)c1C)c1ccccc1. The number of nitrogens with one attached hydrogen (secondary N) is 2. The zero-order valence-corrected chi connectivity index (χ0v) is 17.1. The lowest BCUT2D eigenvalue weighted by atomic mass is 10.1. The van der Waals surface area contributed by atoms with Crippen LogP contribution in [0.25, 0.3) is 0 Å². The van der Waals surface area contributed by atoms with Gasteiger partial charge in [0.2, 0.25) is 11.8 Å². The maximum Gasteiger partial charge on any atom is 0.240 e. The zero-order chi connectivity index (χ0) is 20.4. The number of hydrazone groups is 1. The lowest BCUT2D eigenvalue weighted by molar-refractivity contribution is -0.124. The third-order valence-corrected chi connectivity index (χ3v) is 4.72. The zero-order valence-electron chi connectivity index (χ0n) is 16.3. The smallest absolute Gasteiger partial charge is 0.240 e. The van der Waals surface area contributed by atoms with Gasteiger partial charge in [-0.25, -0.2) is 5.43 Å². The van der Waals surface area contributed by atoms with E-state index in [9.17, 15) is 9.59 Å². The number of carbonyl (C=O) groups is 2. The molecule has 6 heteroatoms. The van der Waals surface area contributed by atoms with Crippen molar-refractivity contribution in [3.63, 3.8) is 0 Å². The van der Waals surface area contributed by atoms with Crippen LogP contribution in [0.2, 0.25) is 5.02 Å². The number of hydrogen-bond acceptors (Lipinski definition) is 3. The van der Waals surface area contributed by atoms with Crippen LogP contribution in [0.15, 0.2) is 53.6 Å². The normalized spacial score (nSPS) is 11.2. The molecule has 0 unspecified atom stereocenters. The number of anilines is 1. The predicted molar refractivity (Wildman–Crippen MR) is 115 cm³/mol. The average Bonchev–Trinajstić information content (AvgIpc) is 2.70. The molecule has 2 aromatic carbocycles. The average molecular weight is 400 g/mol. The molecule has 2 amide bonds. The molecule has 2 rings (SSSR count). The molecule has 0 saturated carbocycles. The van der Waals surface area contributed by atoms with Crippen molar-refractivity contribution in [1.29, 1.82) is 0 Å². The number of nitrogens with zero attached hydrogens (tertiary/aromatic N) is 1. The Morgan fingerprint density at radius 2 is 1.68 bits per heavy atom. The van der Waals surface area contributed by atoms with Crippen LogP contribution < -0.4 is 10.7 Å². The topological polar surface area (TPSA) is 70.6 Å². The minimum absolute atomic E-state index is 0.0603. The largest absolute Gasteiger partial charge is 0.326 e. The molecule has 0 aliphatic heterocycles. The molecule has 0 bridgehead atoms. The van der Waals surface area contributed by atoms with Gasteiger partial charge in [0.1, 0.15) is 0 Å². The Kier molecular flexibility index (Phi) is 8.69. The highest BCUT2D eigenvalue weighted by Crippen LogP contribution is 2.23. The summed E-state index contributed by atoms with van der Waals surface area (Å²) >= 11 is 6.05. The molecule has 0 heterocycles. The number of benzene rings is 2. The molecule has 2 N–H and O–H groups in total. The first-order valence-electron chi connectivity index (χ1n) is 9.47. The summed E-state index contributed by atoms with van der Waals surface area (Å²) in [5.74, 6) is -0.526. The number of amides is 2. The number of hydrogen-bond donors (Lipinski definition) is 2. The molecule has 0 atom stereocenters. The van der Waals surface area contributed by atoms with E-state index in [-0.39, 0.29) is 24.7 Å². The molecular weight excluding hydrogens is 374 g/mol. The molecule has 0 spiro atoms. The van der Waals surface area contributed by atoms with Gasteiger partial charge in [0.25, 0.3) is 0 Å². The third kappa shape index (κ3) is 6.82. The van der Waals surface area contributed by atoms with Crippen LogP contribution in [0.3, 0.4) is 0 Å². The predicted octanol–water partition coefficient (Wildman–Crippen LogP) is 5.08. The van der Waals surface area contributed by atoms with E-state index in [1.807, 2.05) is 37.3 Å². The Morgan fingerprint density at radius 1 is 0.964 bits per heavy atom. The Bertz CT molecular complexity index is 835. The van der Waals surface area contributed by atoms with Crippen LogP contribution >= 0.6 is 11.6 Å². The first-order valence-corrected chi connectivity index (χ1v) is 9.84. The summed E-state index contributed by atoms with van der Waals surface area (Å²) in [6.45, 7) is 3.95. The van der Waals surface area contributed by atoms with Crippen molar-refractivity contribution in [1.82, 2.24) is 5.43 Å². The first-order chi connectivity index (χ1) is 13.5. The molecule has 148 valence electrons. The molecular formula is C22H26ClN3O2. The van der Waals surface area contributed by atoms with Gasteiger partial charge in [-0.1, -0.05) is 61.3 Å². The van der Waals surface area contributed by atoms with E-state index in [1.165, 1.54) is 0 Å². The van der Waals surface area contributed by atoms with Gasteiger partial charge in [-0.05, 0) is 43.0 Å². The minimum atomic E-state index is -0.289. The summed E-state index contributed by atoms with van der Waals surface area (Å²) in [6, 6.07) is 15.1. The Balaban J connectivity index is 1.88. The monoisotopic (exact) mass is 399 g/mol. The fraction of sp³-hybridized carbons (Fsp3) is 0.318. The lowest BCUT2D eigenvalue weighted by Gasteiger charge is -2.09. The maximum absolute atomic E-state index is 12.1. The molecule has 0 saturated heterocycles. The van der Waals surface area contributed by atoms with E-state index < -0.39 is 0 Å². The number of halogens is 1. The third-order valence-electron chi connectivity index (χ3n) is 4.31. The van der Waals surface area contributed by atoms with Crippen LogP contribution in [-0.4, -0.2) is 17.5 Å². The van der Waals surface area contributed by atoms with Gasteiger partial charge in [-0.15, -0.1) is 0 Å². The Hall–Kier alpha value is -2.66. The van der Waals surface area contributed by atoms with Gasteiger partial charge < -0.3 is 5.32 Å². The molecule has 5 nitrogen and oxygen atoms in total. The molecule has 0 aliphatic carbocycles. The number of unbranched alkanes of at least 4 members (excludes halogenated alkanes) is 1. The maximum atomic E-state index is 12.1. The van der Waals surface area contributed by atoms with Crippen molar-refractivity contribution < 1.29 is 9.59 Å². The first kappa shape index (κ1) is 21.6. The summed E-state index contributed by atoms with van der Waals surface area (Å²) < 4.78 is 0.